The van der Waals surface area contributed by atoms with Gasteiger partial charge in [0, 0.05) is 22.5 Å². The van der Waals surface area contributed by atoms with Gasteiger partial charge < -0.3 is 9.64 Å². The van der Waals surface area contributed by atoms with Gasteiger partial charge in [-0.05, 0) is 51.0 Å². The van der Waals surface area contributed by atoms with Crippen LogP contribution >= 0.6 is 22.9 Å². The van der Waals surface area contributed by atoms with Gasteiger partial charge in [0.1, 0.15) is 17.4 Å². The van der Waals surface area contributed by atoms with Crippen molar-refractivity contribution in [3.8, 4) is 5.75 Å². The zero-order chi connectivity index (χ0) is 18.5. The zero-order valence-electron chi connectivity index (χ0n) is 15.3. The molecule has 1 amide bonds. The van der Waals surface area contributed by atoms with E-state index < -0.39 is 0 Å². The van der Waals surface area contributed by atoms with Gasteiger partial charge in [-0.25, -0.2) is 4.98 Å². The molecule has 0 aliphatic heterocycles. The first kappa shape index (κ1) is 19.2. The Hall–Kier alpha value is -1.59. The van der Waals surface area contributed by atoms with E-state index in [2.05, 4.69) is 23.7 Å². The Labute approximate surface area is 164 Å². The monoisotopic (exact) mass is 392 g/mol. The highest BCUT2D eigenvalue weighted by molar-refractivity contribution is 7.09. The number of hydrogen-bond donors (Lipinski definition) is 0. The van der Waals surface area contributed by atoms with Crippen LogP contribution in [0.25, 0.3) is 0 Å². The summed E-state index contributed by atoms with van der Waals surface area (Å²) < 4.78 is 5.73. The number of hydrogen-bond acceptors (Lipinski definition) is 4. The quantitative estimate of drug-likeness (QED) is 0.658. The second-order valence-corrected chi connectivity index (χ2v) is 8.36. The molecule has 0 atom stereocenters. The molecule has 1 aliphatic carbocycles. The summed E-state index contributed by atoms with van der Waals surface area (Å²) in [5.74, 6) is 0.941. The van der Waals surface area contributed by atoms with Crippen molar-refractivity contribution in [1.82, 2.24) is 9.88 Å². The fraction of sp³-hybridized carbons (Fsp3) is 0.500. The summed E-state index contributed by atoms with van der Waals surface area (Å²) in [7, 11) is 0. The van der Waals surface area contributed by atoms with Gasteiger partial charge in [0.05, 0.1) is 12.1 Å². The molecule has 1 saturated carbocycles. The van der Waals surface area contributed by atoms with E-state index in [0.717, 1.165) is 29.3 Å². The first-order chi connectivity index (χ1) is 12.5. The van der Waals surface area contributed by atoms with E-state index in [4.69, 9.17) is 16.3 Å². The fourth-order valence-electron chi connectivity index (χ4n) is 3.51. The third-order valence-electron chi connectivity index (χ3n) is 4.67. The molecule has 0 unspecified atom stereocenters. The maximum atomic E-state index is 12.8. The van der Waals surface area contributed by atoms with Gasteiger partial charge in [0.25, 0.3) is 0 Å². The topological polar surface area (TPSA) is 42.4 Å². The Balaban J connectivity index is 1.56. The summed E-state index contributed by atoms with van der Waals surface area (Å²) in [6.07, 6.45) is 5.07. The van der Waals surface area contributed by atoms with Crippen LogP contribution in [0.3, 0.4) is 0 Å². The molecule has 3 rings (SSSR count). The SMILES string of the molecule is CC(C)N(C(=O)Cc1csc(COc2ccc(Cl)cc2)n1)C1CCCC1. The number of benzene rings is 1. The van der Waals surface area contributed by atoms with Crippen LogP contribution in [0.5, 0.6) is 5.75 Å². The Morgan fingerprint density at radius 3 is 2.65 bits per heavy atom. The number of halogens is 1. The molecule has 0 N–H and O–H groups in total. The van der Waals surface area contributed by atoms with Crippen LogP contribution in [0.4, 0.5) is 0 Å². The molecule has 2 aromatic rings. The van der Waals surface area contributed by atoms with Gasteiger partial charge >= 0.3 is 0 Å². The highest BCUT2D eigenvalue weighted by Crippen LogP contribution is 2.26. The van der Waals surface area contributed by atoms with Gasteiger partial charge in [0.2, 0.25) is 5.91 Å². The minimum atomic E-state index is 0.183. The Bertz CT molecular complexity index is 724. The van der Waals surface area contributed by atoms with Crippen molar-refractivity contribution in [2.75, 3.05) is 0 Å². The standard InChI is InChI=1S/C20H25ClN2O2S/c1-14(2)23(17-5-3-4-6-17)20(24)11-16-13-26-19(22-16)12-25-18-9-7-15(21)8-10-18/h7-10,13-14,17H,3-6,11-12H2,1-2H3. The lowest BCUT2D eigenvalue weighted by Gasteiger charge is -2.32. The van der Waals surface area contributed by atoms with Crippen LogP contribution in [-0.2, 0) is 17.8 Å². The molecule has 0 spiro atoms. The van der Waals surface area contributed by atoms with Crippen LogP contribution < -0.4 is 4.74 Å². The molecule has 0 bridgehead atoms. The number of ether oxygens (including phenoxy) is 1. The Morgan fingerprint density at radius 2 is 2.00 bits per heavy atom. The second kappa shape index (κ2) is 8.87. The van der Waals surface area contributed by atoms with Gasteiger partial charge in [-0.15, -0.1) is 11.3 Å². The van der Waals surface area contributed by atoms with Crippen molar-refractivity contribution in [2.45, 2.75) is 64.6 Å². The molecule has 1 aromatic heterocycles. The Kier molecular flexibility index (Phi) is 6.54. The summed E-state index contributed by atoms with van der Waals surface area (Å²) in [4.78, 5) is 19.4. The van der Waals surface area contributed by atoms with Gasteiger partial charge in [-0.2, -0.15) is 0 Å². The normalized spacial score (nSPS) is 14.8. The first-order valence-electron chi connectivity index (χ1n) is 9.15. The molecule has 1 aliphatic rings. The third kappa shape index (κ3) is 4.98. The van der Waals surface area contributed by atoms with E-state index >= 15 is 0 Å². The van der Waals surface area contributed by atoms with Gasteiger partial charge in [-0.1, -0.05) is 24.4 Å². The fourth-order valence-corrected chi connectivity index (χ4v) is 4.35. The Morgan fingerprint density at radius 1 is 1.31 bits per heavy atom. The third-order valence-corrected chi connectivity index (χ3v) is 5.79. The number of carbonyl (C=O) groups excluding carboxylic acids is 1. The smallest absolute Gasteiger partial charge is 0.229 e. The summed E-state index contributed by atoms with van der Waals surface area (Å²) in [5, 5.41) is 3.52. The van der Waals surface area contributed by atoms with Crippen LogP contribution in [0.1, 0.15) is 50.2 Å². The lowest BCUT2D eigenvalue weighted by molar-refractivity contribution is -0.134. The summed E-state index contributed by atoms with van der Waals surface area (Å²) >= 11 is 7.41. The van der Waals surface area contributed by atoms with E-state index in [0.29, 0.717) is 24.1 Å². The molecule has 140 valence electrons. The van der Waals surface area contributed by atoms with Crippen molar-refractivity contribution in [1.29, 1.82) is 0 Å². The van der Waals surface area contributed by atoms with Gasteiger partial charge in [0.15, 0.2) is 0 Å². The zero-order valence-corrected chi connectivity index (χ0v) is 16.9. The number of amides is 1. The summed E-state index contributed by atoms with van der Waals surface area (Å²) in [6, 6.07) is 7.90. The molecule has 0 radical (unpaired) electrons. The van der Waals surface area contributed by atoms with E-state index in [1.807, 2.05) is 17.5 Å². The maximum Gasteiger partial charge on any atom is 0.229 e. The molecule has 26 heavy (non-hydrogen) atoms. The molecular formula is C20H25ClN2O2S. The number of carbonyl (C=O) groups is 1. The van der Waals surface area contributed by atoms with Gasteiger partial charge in [-0.3, -0.25) is 4.79 Å². The maximum absolute atomic E-state index is 12.8. The highest BCUT2D eigenvalue weighted by Gasteiger charge is 2.28. The van der Waals surface area contributed by atoms with Crippen LogP contribution in [0, 0.1) is 0 Å². The van der Waals surface area contributed by atoms with E-state index in [9.17, 15) is 4.79 Å². The minimum absolute atomic E-state index is 0.183. The van der Waals surface area contributed by atoms with Crippen molar-refractivity contribution in [3.63, 3.8) is 0 Å². The molecule has 1 heterocycles. The van der Waals surface area contributed by atoms with Crippen molar-refractivity contribution in [3.05, 3.63) is 45.4 Å². The molecule has 1 aromatic carbocycles. The predicted octanol–water partition coefficient (Wildman–Crippen LogP) is 5.10. The van der Waals surface area contributed by atoms with Crippen LogP contribution in [-0.4, -0.2) is 27.9 Å². The van der Waals surface area contributed by atoms with Crippen molar-refractivity contribution in [2.24, 2.45) is 0 Å². The first-order valence-corrected chi connectivity index (χ1v) is 10.4. The predicted molar refractivity (Wildman–Crippen MR) is 106 cm³/mol. The van der Waals surface area contributed by atoms with E-state index in [-0.39, 0.29) is 11.9 Å². The number of aromatic nitrogens is 1. The number of nitrogens with zero attached hydrogens (tertiary/aromatic N) is 2. The second-order valence-electron chi connectivity index (χ2n) is 6.98. The molecule has 4 nitrogen and oxygen atoms in total. The average molecular weight is 393 g/mol. The lowest BCUT2D eigenvalue weighted by atomic mass is 10.1. The minimum Gasteiger partial charge on any atom is -0.486 e. The van der Waals surface area contributed by atoms with Crippen LogP contribution in [0.15, 0.2) is 29.6 Å². The molecule has 1 fully saturated rings. The lowest BCUT2D eigenvalue weighted by Crippen LogP contribution is -2.44. The van der Waals surface area contributed by atoms with Crippen LogP contribution in [0.2, 0.25) is 5.02 Å². The highest BCUT2D eigenvalue weighted by atomic mass is 35.5. The van der Waals surface area contributed by atoms with E-state index in [1.54, 1.807) is 12.1 Å². The summed E-state index contributed by atoms with van der Waals surface area (Å²) in [6.45, 7) is 4.60. The van der Waals surface area contributed by atoms with E-state index in [1.165, 1.54) is 24.2 Å². The number of thiazole rings is 1. The molecular weight excluding hydrogens is 368 g/mol. The molecule has 0 saturated heterocycles. The summed E-state index contributed by atoms with van der Waals surface area (Å²) in [5.41, 5.74) is 0.832. The number of rotatable bonds is 7. The van der Waals surface area contributed by atoms with Crippen molar-refractivity contribution < 1.29 is 9.53 Å². The van der Waals surface area contributed by atoms with Crippen molar-refractivity contribution >= 4 is 28.8 Å². The largest absolute Gasteiger partial charge is 0.486 e. The molecule has 6 heteroatoms. The average Bonchev–Trinajstić information content (AvgIpc) is 3.26.